The Kier molecular flexibility index (Phi) is 6.10. The molecule has 0 bridgehead atoms. The lowest BCUT2D eigenvalue weighted by Gasteiger charge is -2.13. The van der Waals surface area contributed by atoms with Gasteiger partial charge >= 0.3 is 0 Å². The van der Waals surface area contributed by atoms with E-state index in [1.54, 1.807) is 12.4 Å². The van der Waals surface area contributed by atoms with Gasteiger partial charge in [0, 0.05) is 24.5 Å². The van der Waals surface area contributed by atoms with Gasteiger partial charge in [-0.1, -0.05) is 13.0 Å². The fourth-order valence-electron chi connectivity index (χ4n) is 2.05. The van der Waals surface area contributed by atoms with E-state index in [0.29, 0.717) is 18.7 Å². The number of nitrogens with zero attached hydrogens (tertiary/aromatic N) is 1. The second kappa shape index (κ2) is 8.29. The summed E-state index contributed by atoms with van der Waals surface area (Å²) in [5.41, 5.74) is 1.75. The first-order chi connectivity index (χ1) is 10.7. The molecule has 1 heterocycles. The number of ketones is 1. The van der Waals surface area contributed by atoms with Crippen LogP contribution in [0.5, 0.6) is 5.75 Å². The van der Waals surface area contributed by atoms with E-state index in [1.165, 1.54) is 0 Å². The summed E-state index contributed by atoms with van der Waals surface area (Å²) in [6, 6.07) is 10.9. The van der Waals surface area contributed by atoms with Crippen molar-refractivity contribution in [2.24, 2.45) is 0 Å². The average molecular weight is 298 g/mol. The van der Waals surface area contributed by atoms with Crippen LogP contribution in [0.15, 0.2) is 48.8 Å². The molecule has 22 heavy (non-hydrogen) atoms. The Balaban J connectivity index is 1.89. The number of aromatic nitrogens is 1. The highest BCUT2D eigenvalue weighted by Gasteiger charge is 2.14. The Labute approximate surface area is 131 Å². The van der Waals surface area contributed by atoms with Gasteiger partial charge in [0.05, 0.1) is 12.6 Å². The zero-order valence-corrected chi connectivity index (χ0v) is 13.1. The summed E-state index contributed by atoms with van der Waals surface area (Å²) in [6.45, 7) is 5.25. The van der Waals surface area contributed by atoms with Gasteiger partial charge in [0.25, 0.3) is 0 Å². The number of nitrogens with one attached hydrogen (secondary N) is 1. The van der Waals surface area contributed by atoms with E-state index in [-0.39, 0.29) is 11.8 Å². The van der Waals surface area contributed by atoms with Gasteiger partial charge in [-0.25, -0.2) is 0 Å². The number of hydrogen-bond acceptors (Lipinski definition) is 4. The van der Waals surface area contributed by atoms with Crippen LogP contribution >= 0.6 is 0 Å². The molecule has 0 spiro atoms. The van der Waals surface area contributed by atoms with E-state index >= 15 is 0 Å². The van der Waals surface area contributed by atoms with E-state index in [4.69, 9.17) is 4.74 Å². The fraction of sp³-hybridized carbons (Fsp3) is 0.333. The zero-order chi connectivity index (χ0) is 15.8. The van der Waals surface area contributed by atoms with Crippen LogP contribution in [-0.4, -0.2) is 23.4 Å². The van der Waals surface area contributed by atoms with Crippen molar-refractivity contribution < 1.29 is 9.53 Å². The first-order valence-electron chi connectivity index (χ1n) is 7.60. The van der Waals surface area contributed by atoms with Gasteiger partial charge in [0.15, 0.2) is 5.78 Å². The lowest BCUT2D eigenvalue weighted by molar-refractivity contribution is 0.0950. The Bertz CT molecular complexity index is 582. The molecule has 0 amide bonds. The largest absolute Gasteiger partial charge is 0.494 e. The third-order valence-electron chi connectivity index (χ3n) is 3.34. The molecule has 0 radical (unpaired) electrons. The van der Waals surface area contributed by atoms with Crippen LogP contribution in [0.2, 0.25) is 0 Å². The van der Waals surface area contributed by atoms with Gasteiger partial charge in [-0.2, -0.15) is 0 Å². The van der Waals surface area contributed by atoms with Crippen molar-refractivity contribution in [3.8, 4) is 5.75 Å². The standard InChI is InChI=1S/C18H22N2O2/c1-3-11-22-17-8-6-16(7-9-17)18(21)14(2)20-13-15-5-4-10-19-12-15/h4-10,12,14,20H,3,11,13H2,1-2H3. The number of rotatable bonds is 8. The average Bonchev–Trinajstić information content (AvgIpc) is 2.58. The highest BCUT2D eigenvalue weighted by Crippen LogP contribution is 2.14. The van der Waals surface area contributed by atoms with Crippen LogP contribution < -0.4 is 10.1 Å². The third kappa shape index (κ3) is 4.67. The minimum Gasteiger partial charge on any atom is -0.494 e. The first kappa shape index (κ1) is 16.2. The number of ether oxygens (including phenoxy) is 1. The molecular formula is C18H22N2O2. The minimum atomic E-state index is -0.248. The molecule has 2 rings (SSSR count). The van der Waals surface area contributed by atoms with Gasteiger partial charge in [0.2, 0.25) is 0 Å². The first-order valence-corrected chi connectivity index (χ1v) is 7.60. The number of Topliss-reactive ketones (excluding diaryl/α,β-unsaturated/α-hetero) is 1. The molecule has 1 aromatic heterocycles. The van der Waals surface area contributed by atoms with Gasteiger partial charge in [-0.3, -0.25) is 9.78 Å². The van der Waals surface area contributed by atoms with Crippen LogP contribution in [-0.2, 0) is 6.54 Å². The molecule has 4 heteroatoms. The number of benzene rings is 1. The van der Waals surface area contributed by atoms with Gasteiger partial charge in [-0.15, -0.1) is 0 Å². The zero-order valence-electron chi connectivity index (χ0n) is 13.1. The lowest BCUT2D eigenvalue weighted by Crippen LogP contribution is -2.33. The molecule has 116 valence electrons. The maximum Gasteiger partial charge on any atom is 0.179 e. The molecule has 2 aromatic rings. The van der Waals surface area contributed by atoms with Gasteiger partial charge in [0.1, 0.15) is 5.75 Å². The van der Waals surface area contributed by atoms with E-state index < -0.39 is 0 Å². The van der Waals surface area contributed by atoms with E-state index in [1.807, 2.05) is 43.3 Å². The molecule has 0 fully saturated rings. The topological polar surface area (TPSA) is 51.2 Å². The Morgan fingerprint density at radius 3 is 2.68 bits per heavy atom. The molecule has 0 aliphatic rings. The molecule has 0 saturated carbocycles. The summed E-state index contributed by atoms with van der Waals surface area (Å²) in [7, 11) is 0. The molecular weight excluding hydrogens is 276 g/mol. The van der Waals surface area contributed by atoms with Gasteiger partial charge < -0.3 is 10.1 Å². The van der Waals surface area contributed by atoms with Crippen molar-refractivity contribution >= 4 is 5.78 Å². The maximum atomic E-state index is 12.4. The summed E-state index contributed by atoms with van der Waals surface area (Å²) >= 11 is 0. The minimum absolute atomic E-state index is 0.0749. The second-order valence-corrected chi connectivity index (χ2v) is 5.20. The number of carbonyl (C=O) groups excluding carboxylic acids is 1. The van der Waals surface area contributed by atoms with Crippen LogP contribution in [0.25, 0.3) is 0 Å². The Hall–Kier alpha value is -2.20. The monoisotopic (exact) mass is 298 g/mol. The predicted molar refractivity (Wildman–Crippen MR) is 87.1 cm³/mol. The van der Waals surface area contributed by atoms with Crippen molar-refractivity contribution in [2.75, 3.05) is 6.61 Å². The Morgan fingerprint density at radius 1 is 1.27 bits per heavy atom. The molecule has 0 saturated heterocycles. The highest BCUT2D eigenvalue weighted by atomic mass is 16.5. The molecule has 1 N–H and O–H groups in total. The number of pyridine rings is 1. The number of hydrogen-bond donors (Lipinski definition) is 1. The summed E-state index contributed by atoms with van der Waals surface area (Å²) in [5, 5.41) is 3.23. The van der Waals surface area contributed by atoms with Crippen LogP contribution in [0.4, 0.5) is 0 Å². The highest BCUT2D eigenvalue weighted by molar-refractivity contribution is 5.99. The Morgan fingerprint density at radius 2 is 2.05 bits per heavy atom. The molecule has 1 atom stereocenters. The molecule has 1 aromatic carbocycles. The normalized spacial score (nSPS) is 11.9. The summed E-state index contributed by atoms with van der Waals surface area (Å²) in [5.74, 6) is 0.875. The quantitative estimate of drug-likeness (QED) is 0.760. The molecule has 1 unspecified atom stereocenters. The lowest BCUT2D eigenvalue weighted by atomic mass is 10.1. The SMILES string of the molecule is CCCOc1ccc(C(=O)C(C)NCc2cccnc2)cc1. The van der Waals surface area contributed by atoms with Crippen molar-refractivity contribution in [3.63, 3.8) is 0 Å². The molecule has 0 aliphatic carbocycles. The second-order valence-electron chi connectivity index (χ2n) is 5.20. The fourth-order valence-corrected chi connectivity index (χ4v) is 2.05. The van der Waals surface area contributed by atoms with Gasteiger partial charge in [-0.05, 0) is 49.2 Å². The van der Waals surface area contributed by atoms with Crippen molar-refractivity contribution in [3.05, 3.63) is 59.9 Å². The van der Waals surface area contributed by atoms with E-state index in [0.717, 1.165) is 17.7 Å². The smallest absolute Gasteiger partial charge is 0.179 e. The maximum absolute atomic E-state index is 12.4. The third-order valence-corrected chi connectivity index (χ3v) is 3.34. The predicted octanol–water partition coefficient (Wildman–Crippen LogP) is 3.23. The van der Waals surface area contributed by atoms with Crippen molar-refractivity contribution in [1.29, 1.82) is 0 Å². The summed E-state index contributed by atoms with van der Waals surface area (Å²) in [4.78, 5) is 16.4. The molecule has 4 nitrogen and oxygen atoms in total. The summed E-state index contributed by atoms with van der Waals surface area (Å²) < 4.78 is 5.52. The van der Waals surface area contributed by atoms with Crippen LogP contribution in [0, 0.1) is 0 Å². The van der Waals surface area contributed by atoms with Crippen molar-refractivity contribution in [2.45, 2.75) is 32.9 Å². The van der Waals surface area contributed by atoms with Crippen LogP contribution in [0.3, 0.4) is 0 Å². The van der Waals surface area contributed by atoms with E-state index in [2.05, 4.69) is 17.2 Å². The van der Waals surface area contributed by atoms with E-state index in [9.17, 15) is 4.79 Å². The molecule has 0 aliphatic heterocycles. The number of carbonyl (C=O) groups is 1. The van der Waals surface area contributed by atoms with Crippen molar-refractivity contribution in [1.82, 2.24) is 10.3 Å². The summed E-state index contributed by atoms with van der Waals surface area (Å²) in [6.07, 6.45) is 4.50. The van der Waals surface area contributed by atoms with Crippen LogP contribution in [0.1, 0.15) is 36.2 Å².